The van der Waals surface area contributed by atoms with Crippen LogP contribution in [-0.4, -0.2) is 7.11 Å². The first-order chi connectivity index (χ1) is 7.70. The Hall–Kier alpha value is -2.03. The van der Waals surface area contributed by atoms with Crippen molar-refractivity contribution in [2.24, 2.45) is 0 Å². The van der Waals surface area contributed by atoms with Gasteiger partial charge in [-0.2, -0.15) is 0 Å². The van der Waals surface area contributed by atoms with Crippen molar-refractivity contribution in [3.8, 4) is 16.9 Å². The summed E-state index contributed by atoms with van der Waals surface area (Å²) in [6.07, 6.45) is 0. The Morgan fingerprint density at radius 3 is 2.69 bits per heavy atom. The van der Waals surface area contributed by atoms with Gasteiger partial charge in [0.2, 0.25) is 0 Å². The van der Waals surface area contributed by atoms with Crippen LogP contribution >= 0.6 is 0 Å². The number of ether oxygens (including phenoxy) is 1. The summed E-state index contributed by atoms with van der Waals surface area (Å²) < 4.78 is 18.2. The van der Waals surface area contributed by atoms with Gasteiger partial charge >= 0.3 is 0 Å². The molecular weight excluding hydrogens is 205 g/mol. The summed E-state index contributed by atoms with van der Waals surface area (Å²) in [6, 6.07) is 11.7. The molecular formula is C13H12FNO. The average molecular weight is 217 g/mol. The molecule has 0 aromatic heterocycles. The van der Waals surface area contributed by atoms with Crippen LogP contribution in [0.25, 0.3) is 11.1 Å². The molecule has 2 nitrogen and oxygen atoms in total. The third-order valence-corrected chi connectivity index (χ3v) is 2.40. The number of hydrogen-bond donors (Lipinski definition) is 1. The van der Waals surface area contributed by atoms with Crippen LogP contribution < -0.4 is 10.5 Å². The van der Waals surface area contributed by atoms with Crippen molar-refractivity contribution in [2.75, 3.05) is 12.8 Å². The van der Waals surface area contributed by atoms with Crippen molar-refractivity contribution in [3.63, 3.8) is 0 Å². The number of rotatable bonds is 2. The molecule has 2 aromatic carbocycles. The van der Waals surface area contributed by atoms with E-state index >= 15 is 0 Å². The second kappa shape index (κ2) is 4.23. The number of nitrogens with two attached hydrogens (primary N) is 1. The Balaban J connectivity index is 2.53. The van der Waals surface area contributed by atoms with Gasteiger partial charge < -0.3 is 10.5 Å². The van der Waals surface area contributed by atoms with Gasteiger partial charge in [0.25, 0.3) is 0 Å². The van der Waals surface area contributed by atoms with Crippen LogP contribution in [0, 0.1) is 5.82 Å². The van der Waals surface area contributed by atoms with Crippen LogP contribution in [0.3, 0.4) is 0 Å². The SMILES string of the molecule is COc1cccc(-c2cc(F)ccc2N)c1. The monoisotopic (exact) mass is 217 g/mol. The maximum absolute atomic E-state index is 13.1. The highest BCUT2D eigenvalue weighted by molar-refractivity contribution is 5.76. The van der Waals surface area contributed by atoms with Crippen LogP contribution in [0.5, 0.6) is 5.75 Å². The Morgan fingerprint density at radius 1 is 1.12 bits per heavy atom. The Kier molecular flexibility index (Phi) is 2.77. The van der Waals surface area contributed by atoms with Crippen LogP contribution in [-0.2, 0) is 0 Å². The predicted molar refractivity (Wildman–Crippen MR) is 62.8 cm³/mol. The first-order valence-electron chi connectivity index (χ1n) is 4.90. The maximum Gasteiger partial charge on any atom is 0.123 e. The number of anilines is 1. The molecule has 0 aliphatic rings. The summed E-state index contributed by atoms with van der Waals surface area (Å²) in [5.41, 5.74) is 7.88. The molecule has 2 N–H and O–H groups in total. The van der Waals surface area contributed by atoms with E-state index in [1.54, 1.807) is 13.2 Å². The fourth-order valence-electron chi connectivity index (χ4n) is 1.57. The fourth-order valence-corrected chi connectivity index (χ4v) is 1.57. The second-order valence-electron chi connectivity index (χ2n) is 3.46. The molecule has 0 amide bonds. The Bertz CT molecular complexity index is 511. The van der Waals surface area contributed by atoms with Gasteiger partial charge in [-0.1, -0.05) is 12.1 Å². The van der Waals surface area contributed by atoms with E-state index in [9.17, 15) is 4.39 Å². The zero-order valence-electron chi connectivity index (χ0n) is 8.91. The molecule has 0 aliphatic heterocycles. The molecule has 0 saturated carbocycles. The molecule has 0 unspecified atom stereocenters. The van der Waals surface area contributed by atoms with Crippen LogP contribution in [0.1, 0.15) is 0 Å². The Labute approximate surface area is 93.5 Å². The zero-order chi connectivity index (χ0) is 11.5. The smallest absolute Gasteiger partial charge is 0.123 e. The zero-order valence-corrected chi connectivity index (χ0v) is 8.91. The van der Waals surface area contributed by atoms with Gasteiger partial charge in [0.1, 0.15) is 11.6 Å². The maximum atomic E-state index is 13.1. The third-order valence-electron chi connectivity index (χ3n) is 2.40. The number of hydrogen-bond acceptors (Lipinski definition) is 2. The van der Waals surface area contributed by atoms with E-state index in [4.69, 9.17) is 10.5 Å². The number of methoxy groups -OCH3 is 1. The van der Waals surface area contributed by atoms with Gasteiger partial charge in [-0.05, 0) is 35.9 Å². The molecule has 16 heavy (non-hydrogen) atoms. The fraction of sp³-hybridized carbons (Fsp3) is 0.0769. The van der Waals surface area contributed by atoms with E-state index in [2.05, 4.69) is 0 Å². The molecule has 0 heterocycles. The van der Waals surface area contributed by atoms with Crippen molar-refractivity contribution in [1.29, 1.82) is 0 Å². The first-order valence-corrected chi connectivity index (χ1v) is 4.90. The van der Waals surface area contributed by atoms with E-state index in [-0.39, 0.29) is 5.82 Å². The third kappa shape index (κ3) is 1.98. The van der Waals surface area contributed by atoms with Crippen LogP contribution in [0.15, 0.2) is 42.5 Å². The molecule has 0 saturated heterocycles. The molecule has 0 bridgehead atoms. The highest BCUT2D eigenvalue weighted by Crippen LogP contribution is 2.29. The standard InChI is InChI=1S/C13H12FNO/c1-16-11-4-2-3-9(7-11)12-8-10(14)5-6-13(12)15/h2-8H,15H2,1H3. The molecule has 3 heteroatoms. The summed E-state index contributed by atoms with van der Waals surface area (Å²) in [6.45, 7) is 0. The number of nitrogen functional groups attached to an aromatic ring is 1. The van der Waals surface area contributed by atoms with E-state index in [1.807, 2.05) is 24.3 Å². The highest BCUT2D eigenvalue weighted by atomic mass is 19.1. The van der Waals surface area contributed by atoms with Gasteiger partial charge in [-0.25, -0.2) is 4.39 Å². The largest absolute Gasteiger partial charge is 0.497 e. The molecule has 2 aromatic rings. The van der Waals surface area contributed by atoms with Crippen molar-refractivity contribution in [2.45, 2.75) is 0 Å². The summed E-state index contributed by atoms with van der Waals surface area (Å²) in [4.78, 5) is 0. The summed E-state index contributed by atoms with van der Waals surface area (Å²) >= 11 is 0. The number of benzene rings is 2. The van der Waals surface area contributed by atoms with Crippen molar-refractivity contribution in [1.82, 2.24) is 0 Å². The van der Waals surface area contributed by atoms with Crippen LogP contribution in [0.2, 0.25) is 0 Å². The van der Waals surface area contributed by atoms with E-state index < -0.39 is 0 Å². The minimum atomic E-state index is -0.299. The minimum absolute atomic E-state index is 0.299. The molecule has 0 aliphatic carbocycles. The molecule has 82 valence electrons. The van der Waals surface area contributed by atoms with E-state index in [0.717, 1.165) is 11.3 Å². The predicted octanol–water partition coefficient (Wildman–Crippen LogP) is 3.08. The van der Waals surface area contributed by atoms with Gasteiger partial charge in [0, 0.05) is 11.3 Å². The molecule has 0 radical (unpaired) electrons. The van der Waals surface area contributed by atoms with E-state index in [0.29, 0.717) is 11.3 Å². The van der Waals surface area contributed by atoms with Gasteiger partial charge in [0.15, 0.2) is 0 Å². The van der Waals surface area contributed by atoms with Gasteiger partial charge in [0.05, 0.1) is 7.11 Å². The molecule has 0 spiro atoms. The first kappa shape index (κ1) is 10.5. The van der Waals surface area contributed by atoms with Crippen molar-refractivity contribution < 1.29 is 9.13 Å². The second-order valence-corrected chi connectivity index (χ2v) is 3.46. The van der Waals surface area contributed by atoms with Crippen molar-refractivity contribution in [3.05, 3.63) is 48.3 Å². The van der Waals surface area contributed by atoms with Gasteiger partial charge in [-0.3, -0.25) is 0 Å². The lowest BCUT2D eigenvalue weighted by Gasteiger charge is -2.07. The lowest BCUT2D eigenvalue weighted by atomic mass is 10.0. The van der Waals surface area contributed by atoms with E-state index in [1.165, 1.54) is 12.1 Å². The van der Waals surface area contributed by atoms with Crippen LogP contribution in [0.4, 0.5) is 10.1 Å². The number of halogens is 1. The summed E-state index contributed by atoms with van der Waals surface area (Å²) in [5, 5.41) is 0. The summed E-state index contributed by atoms with van der Waals surface area (Å²) in [5.74, 6) is 0.424. The molecule has 0 atom stereocenters. The Morgan fingerprint density at radius 2 is 1.94 bits per heavy atom. The molecule has 2 rings (SSSR count). The lowest BCUT2D eigenvalue weighted by molar-refractivity contribution is 0.415. The minimum Gasteiger partial charge on any atom is -0.497 e. The molecule has 0 fully saturated rings. The topological polar surface area (TPSA) is 35.2 Å². The average Bonchev–Trinajstić information content (AvgIpc) is 2.32. The van der Waals surface area contributed by atoms with Gasteiger partial charge in [-0.15, -0.1) is 0 Å². The highest BCUT2D eigenvalue weighted by Gasteiger charge is 2.05. The van der Waals surface area contributed by atoms with Crippen molar-refractivity contribution >= 4 is 5.69 Å². The quantitative estimate of drug-likeness (QED) is 0.784. The lowest BCUT2D eigenvalue weighted by Crippen LogP contribution is -1.91. The normalized spacial score (nSPS) is 10.1. The summed E-state index contributed by atoms with van der Waals surface area (Å²) in [7, 11) is 1.59.